The molecule has 72 valence electrons. The summed E-state index contributed by atoms with van der Waals surface area (Å²) in [5.74, 6) is 0. The van der Waals surface area contributed by atoms with Gasteiger partial charge in [-0.25, -0.2) is 0 Å². The molecule has 0 aliphatic rings. The number of hydrogen-bond acceptors (Lipinski definition) is 2. The van der Waals surface area contributed by atoms with Gasteiger partial charge < -0.3 is 10.2 Å². The summed E-state index contributed by atoms with van der Waals surface area (Å²) >= 11 is 0. The maximum Gasteiger partial charge on any atom is 0.0981 e. The fourth-order valence-corrected chi connectivity index (χ4v) is 1.55. The van der Waals surface area contributed by atoms with Crippen molar-refractivity contribution in [2.24, 2.45) is 5.73 Å². The molecule has 0 spiro atoms. The summed E-state index contributed by atoms with van der Waals surface area (Å²) in [5.41, 5.74) is 10.3. The van der Waals surface area contributed by atoms with Crippen molar-refractivity contribution >= 4 is 0 Å². The van der Waals surface area contributed by atoms with Crippen LogP contribution in [0.25, 0.3) is 11.1 Å². The summed E-state index contributed by atoms with van der Waals surface area (Å²) in [6.45, 7) is 2.63. The monoisotopic (exact) mass is 187 g/mol. The minimum absolute atomic E-state index is 0.556. The fourth-order valence-electron chi connectivity index (χ4n) is 1.55. The van der Waals surface area contributed by atoms with Crippen molar-refractivity contribution in [3.05, 3.63) is 47.9 Å². The molecule has 0 radical (unpaired) electrons. The van der Waals surface area contributed by atoms with Gasteiger partial charge in [0.05, 0.1) is 12.5 Å². The summed E-state index contributed by atoms with van der Waals surface area (Å²) in [7, 11) is 0. The number of hydrogen-bond donors (Lipinski definition) is 1. The number of nitrogens with two attached hydrogens (primary N) is 1. The zero-order valence-electron chi connectivity index (χ0n) is 8.16. The third-order valence-corrected chi connectivity index (χ3v) is 2.32. The van der Waals surface area contributed by atoms with E-state index in [9.17, 15) is 0 Å². The largest absolute Gasteiger partial charge is 0.472 e. The number of rotatable bonds is 2. The lowest BCUT2D eigenvalue weighted by Crippen LogP contribution is -1.98. The van der Waals surface area contributed by atoms with Crippen LogP contribution in [0.1, 0.15) is 11.1 Å². The highest BCUT2D eigenvalue weighted by atomic mass is 16.3. The van der Waals surface area contributed by atoms with Crippen molar-refractivity contribution in [3.63, 3.8) is 0 Å². The van der Waals surface area contributed by atoms with E-state index in [0.29, 0.717) is 6.54 Å². The van der Waals surface area contributed by atoms with Gasteiger partial charge in [-0.1, -0.05) is 23.8 Å². The SMILES string of the molecule is Cc1ccc(CN)c(-c2ccoc2)c1. The van der Waals surface area contributed by atoms with Gasteiger partial charge >= 0.3 is 0 Å². The molecule has 2 nitrogen and oxygen atoms in total. The Morgan fingerprint density at radius 1 is 1.29 bits per heavy atom. The maximum absolute atomic E-state index is 5.68. The molecule has 2 N–H and O–H groups in total. The van der Waals surface area contributed by atoms with Crippen LogP contribution in [-0.2, 0) is 6.54 Å². The first-order valence-electron chi connectivity index (χ1n) is 4.63. The molecule has 0 bridgehead atoms. The van der Waals surface area contributed by atoms with Crippen LogP contribution in [0.5, 0.6) is 0 Å². The van der Waals surface area contributed by atoms with E-state index in [1.165, 1.54) is 11.1 Å². The Bertz CT molecular complexity index is 418. The van der Waals surface area contributed by atoms with Gasteiger partial charge in [-0.15, -0.1) is 0 Å². The van der Waals surface area contributed by atoms with E-state index in [-0.39, 0.29) is 0 Å². The molecule has 0 amide bonds. The van der Waals surface area contributed by atoms with E-state index < -0.39 is 0 Å². The highest BCUT2D eigenvalue weighted by Crippen LogP contribution is 2.24. The van der Waals surface area contributed by atoms with E-state index in [0.717, 1.165) is 11.1 Å². The third kappa shape index (κ3) is 1.56. The number of aryl methyl sites for hydroxylation is 1. The quantitative estimate of drug-likeness (QED) is 0.785. The van der Waals surface area contributed by atoms with E-state index in [2.05, 4.69) is 25.1 Å². The van der Waals surface area contributed by atoms with E-state index in [1.54, 1.807) is 12.5 Å². The molecule has 0 aliphatic heterocycles. The number of furan rings is 1. The molecule has 0 aliphatic carbocycles. The predicted molar refractivity (Wildman–Crippen MR) is 56.8 cm³/mol. The first kappa shape index (κ1) is 9.03. The Morgan fingerprint density at radius 2 is 2.14 bits per heavy atom. The molecule has 0 saturated heterocycles. The lowest BCUT2D eigenvalue weighted by Gasteiger charge is -2.06. The first-order valence-corrected chi connectivity index (χ1v) is 4.63. The molecule has 2 heteroatoms. The molecule has 0 unspecified atom stereocenters. The lowest BCUT2D eigenvalue weighted by atomic mass is 10.00. The molecule has 0 atom stereocenters. The van der Waals surface area contributed by atoms with Gasteiger partial charge in [-0.2, -0.15) is 0 Å². The highest BCUT2D eigenvalue weighted by molar-refractivity contribution is 5.67. The molecule has 2 aromatic rings. The Morgan fingerprint density at radius 3 is 2.79 bits per heavy atom. The molecule has 14 heavy (non-hydrogen) atoms. The van der Waals surface area contributed by atoms with Gasteiger partial charge in [0.2, 0.25) is 0 Å². The van der Waals surface area contributed by atoms with Crippen LogP contribution in [0.4, 0.5) is 0 Å². The van der Waals surface area contributed by atoms with Crippen molar-refractivity contribution in [3.8, 4) is 11.1 Å². The molecule has 1 aromatic carbocycles. The Labute approximate surface area is 83.4 Å². The molecule has 0 saturated carbocycles. The van der Waals surface area contributed by atoms with E-state index in [1.807, 2.05) is 6.07 Å². The topological polar surface area (TPSA) is 39.2 Å². The Balaban J connectivity index is 2.55. The Kier molecular flexibility index (Phi) is 2.37. The van der Waals surface area contributed by atoms with Gasteiger partial charge in [0.1, 0.15) is 0 Å². The average molecular weight is 187 g/mol. The highest BCUT2D eigenvalue weighted by Gasteiger charge is 2.04. The van der Waals surface area contributed by atoms with E-state index >= 15 is 0 Å². The van der Waals surface area contributed by atoms with Crippen LogP contribution in [0, 0.1) is 6.92 Å². The van der Waals surface area contributed by atoms with Crippen LogP contribution >= 0.6 is 0 Å². The minimum atomic E-state index is 0.556. The molecule has 2 rings (SSSR count). The average Bonchev–Trinajstić information content (AvgIpc) is 2.70. The zero-order valence-corrected chi connectivity index (χ0v) is 8.16. The third-order valence-electron chi connectivity index (χ3n) is 2.32. The smallest absolute Gasteiger partial charge is 0.0981 e. The van der Waals surface area contributed by atoms with Gasteiger partial charge in [0, 0.05) is 12.1 Å². The molecule has 1 aromatic heterocycles. The van der Waals surface area contributed by atoms with Crippen molar-refractivity contribution in [1.82, 2.24) is 0 Å². The molecule has 0 fully saturated rings. The van der Waals surface area contributed by atoms with E-state index in [4.69, 9.17) is 10.2 Å². The fraction of sp³-hybridized carbons (Fsp3) is 0.167. The predicted octanol–water partition coefficient (Wildman–Crippen LogP) is 2.71. The van der Waals surface area contributed by atoms with Gasteiger partial charge in [0.25, 0.3) is 0 Å². The standard InChI is InChI=1S/C12H13NO/c1-9-2-3-10(7-13)12(6-9)11-4-5-14-8-11/h2-6,8H,7,13H2,1H3. The lowest BCUT2D eigenvalue weighted by molar-refractivity contribution is 0.568. The maximum atomic E-state index is 5.68. The number of benzene rings is 1. The van der Waals surface area contributed by atoms with Crippen LogP contribution in [0.3, 0.4) is 0 Å². The normalized spacial score (nSPS) is 10.4. The Hall–Kier alpha value is -1.54. The zero-order chi connectivity index (χ0) is 9.97. The van der Waals surface area contributed by atoms with Crippen molar-refractivity contribution in [1.29, 1.82) is 0 Å². The molecular weight excluding hydrogens is 174 g/mol. The first-order chi connectivity index (χ1) is 6.81. The summed E-state index contributed by atoms with van der Waals surface area (Å²) in [4.78, 5) is 0. The second-order valence-corrected chi connectivity index (χ2v) is 3.38. The van der Waals surface area contributed by atoms with Crippen LogP contribution in [0.2, 0.25) is 0 Å². The summed E-state index contributed by atoms with van der Waals surface area (Å²) in [6, 6.07) is 8.23. The van der Waals surface area contributed by atoms with Crippen molar-refractivity contribution in [2.75, 3.05) is 0 Å². The summed E-state index contributed by atoms with van der Waals surface area (Å²) < 4.78 is 5.07. The van der Waals surface area contributed by atoms with Crippen LogP contribution in [0.15, 0.2) is 41.2 Å². The van der Waals surface area contributed by atoms with Crippen LogP contribution in [-0.4, -0.2) is 0 Å². The van der Waals surface area contributed by atoms with Crippen molar-refractivity contribution in [2.45, 2.75) is 13.5 Å². The second-order valence-electron chi connectivity index (χ2n) is 3.38. The van der Waals surface area contributed by atoms with Crippen LogP contribution < -0.4 is 5.73 Å². The van der Waals surface area contributed by atoms with Gasteiger partial charge in [-0.3, -0.25) is 0 Å². The summed E-state index contributed by atoms with van der Waals surface area (Å²) in [6.07, 6.45) is 3.42. The van der Waals surface area contributed by atoms with Crippen molar-refractivity contribution < 1.29 is 4.42 Å². The van der Waals surface area contributed by atoms with Gasteiger partial charge in [-0.05, 0) is 24.1 Å². The minimum Gasteiger partial charge on any atom is -0.472 e. The molecular formula is C12H13NO. The summed E-state index contributed by atoms with van der Waals surface area (Å²) in [5, 5.41) is 0. The second kappa shape index (κ2) is 3.68. The molecule has 1 heterocycles. The van der Waals surface area contributed by atoms with Gasteiger partial charge in [0.15, 0.2) is 0 Å².